The highest BCUT2D eigenvalue weighted by Gasteiger charge is 2.33. The number of hydrogen-bond acceptors (Lipinski definition) is 3. The lowest BCUT2D eigenvalue weighted by Crippen LogP contribution is -2.22. The van der Waals surface area contributed by atoms with Gasteiger partial charge in [-0.15, -0.1) is 0 Å². The molecule has 2 aromatic rings. The van der Waals surface area contributed by atoms with Crippen molar-refractivity contribution in [2.45, 2.75) is 6.18 Å². The minimum Gasteiger partial charge on any atom is -0.376 e. The zero-order valence-corrected chi connectivity index (χ0v) is 11.1. The molecule has 0 saturated heterocycles. The van der Waals surface area contributed by atoms with Gasteiger partial charge in [-0.3, -0.25) is 0 Å². The highest BCUT2D eigenvalue weighted by atomic mass is 32.1. The smallest absolute Gasteiger partial charge is 0.376 e. The quantitative estimate of drug-likeness (QED) is 0.659. The van der Waals surface area contributed by atoms with Gasteiger partial charge in [0.2, 0.25) is 5.95 Å². The van der Waals surface area contributed by atoms with Gasteiger partial charge in [0.1, 0.15) is 5.82 Å². The summed E-state index contributed by atoms with van der Waals surface area (Å²) >= 11 is 4.55. The van der Waals surface area contributed by atoms with Crippen LogP contribution in [0.15, 0.2) is 30.3 Å². The van der Waals surface area contributed by atoms with Crippen LogP contribution in [0, 0.1) is 5.82 Å². The van der Waals surface area contributed by atoms with Crippen molar-refractivity contribution < 1.29 is 17.6 Å². The largest absolute Gasteiger partial charge is 0.433 e. The summed E-state index contributed by atoms with van der Waals surface area (Å²) in [7, 11) is 0. The summed E-state index contributed by atoms with van der Waals surface area (Å²) in [5, 5.41) is 1.99. The molecule has 0 atom stereocenters. The second-order valence-electron chi connectivity index (χ2n) is 3.96. The molecule has 1 heterocycles. The summed E-state index contributed by atoms with van der Waals surface area (Å²) in [5.74, 6) is -0.887. The lowest BCUT2D eigenvalue weighted by atomic mass is 10.1. The van der Waals surface area contributed by atoms with Crippen LogP contribution in [-0.4, -0.2) is 15.1 Å². The molecule has 4 nitrogen and oxygen atoms in total. The Morgan fingerprint density at radius 1 is 1.14 bits per heavy atom. The Hall–Kier alpha value is -2.29. The molecular weight excluding hydrogens is 308 g/mol. The molecule has 0 bridgehead atoms. The van der Waals surface area contributed by atoms with Crippen molar-refractivity contribution in [1.29, 1.82) is 0 Å². The number of halogens is 4. The topological polar surface area (TPSA) is 63.8 Å². The van der Waals surface area contributed by atoms with Gasteiger partial charge in [-0.05, 0) is 42.5 Å². The predicted octanol–water partition coefficient (Wildman–Crippen LogP) is 2.96. The number of nitrogens with one attached hydrogen (secondary N) is 1. The molecule has 1 aromatic carbocycles. The van der Waals surface area contributed by atoms with Gasteiger partial charge in [0.05, 0.1) is 5.69 Å². The van der Waals surface area contributed by atoms with Crippen LogP contribution in [0.2, 0.25) is 0 Å². The number of alkyl halides is 3. The number of benzene rings is 1. The average molecular weight is 316 g/mol. The highest BCUT2D eigenvalue weighted by molar-refractivity contribution is 7.80. The van der Waals surface area contributed by atoms with Crippen molar-refractivity contribution in [1.82, 2.24) is 9.97 Å². The summed E-state index contributed by atoms with van der Waals surface area (Å²) < 4.78 is 51.3. The SMILES string of the molecule is NC(=S)Nc1nc(-c2ccc(F)cc2)cc(C(F)(F)F)n1. The molecule has 9 heteroatoms. The number of thiocarbonyl (C=S) groups is 1. The van der Waals surface area contributed by atoms with Gasteiger partial charge < -0.3 is 11.1 Å². The van der Waals surface area contributed by atoms with E-state index < -0.39 is 17.7 Å². The van der Waals surface area contributed by atoms with E-state index in [4.69, 9.17) is 5.73 Å². The number of rotatable bonds is 2. The molecule has 1 aromatic heterocycles. The zero-order chi connectivity index (χ0) is 15.6. The van der Waals surface area contributed by atoms with Crippen molar-refractivity contribution in [3.8, 4) is 11.3 Å². The number of nitrogens with two attached hydrogens (primary N) is 1. The second-order valence-corrected chi connectivity index (χ2v) is 4.40. The highest BCUT2D eigenvalue weighted by Crippen LogP contribution is 2.31. The first kappa shape index (κ1) is 15.1. The van der Waals surface area contributed by atoms with Crippen LogP contribution in [0.1, 0.15) is 5.69 Å². The van der Waals surface area contributed by atoms with E-state index in [2.05, 4.69) is 27.5 Å². The molecule has 0 unspecified atom stereocenters. The molecule has 0 aliphatic carbocycles. The first-order chi connectivity index (χ1) is 9.75. The fourth-order valence-corrected chi connectivity index (χ4v) is 1.62. The van der Waals surface area contributed by atoms with Crippen LogP contribution < -0.4 is 11.1 Å². The minimum atomic E-state index is -4.66. The van der Waals surface area contributed by atoms with E-state index in [1.807, 2.05) is 0 Å². The van der Waals surface area contributed by atoms with E-state index in [9.17, 15) is 17.6 Å². The Kier molecular flexibility index (Phi) is 4.03. The van der Waals surface area contributed by atoms with E-state index in [0.717, 1.165) is 18.2 Å². The van der Waals surface area contributed by atoms with Crippen LogP contribution in [0.5, 0.6) is 0 Å². The fourth-order valence-electron chi connectivity index (χ4n) is 1.53. The van der Waals surface area contributed by atoms with Gasteiger partial charge in [-0.1, -0.05) is 0 Å². The van der Waals surface area contributed by atoms with Crippen LogP contribution >= 0.6 is 12.2 Å². The minimum absolute atomic E-state index is 0.0314. The molecule has 21 heavy (non-hydrogen) atoms. The van der Waals surface area contributed by atoms with Crippen molar-refractivity contribution >= 4 is 23.3 Å². The standard InChI is InChI=1S/C12H8F4N4S/c13-7-3-1-6(2-4-7)8-5-9(12(14,15)16)19-11(18-8)20-10(17)21/h1-5H,(H3,17,18,19,20,21). The number of anilines is 1. The van der Waals surface area contributed by atoms with Gasteiger partial charge in [0, 0.05) is 5.56 Å². The molecule has 0 fully saturated rings. The lowest BCUT2D eigenvalue weighted by Gasteiger charge is -2.11. The Labute approximate surface area is 122 Å². The molecule has 0 spiro atoms. The van der Waals surface area contributed by atoms with Gasteiger partial charge in [0.25, 0.3) is 0 Å². The first-order valence-electron chi connectivity index (χ1n) is 5.54. The average Bonchev–Trinajstić information content (AvgIpc) is 2.37. The van der Waals surface area contributed by atoms with Crippen molar-refractivity contribution in [3.63, 3.8) is 0 Å². The van der Waals surface area contributed by atoms with Gasteiger partial charge in [0.15, 0.2) is 10.8 Å². The Bertz CT molecular complexity index is 670. The van der Waals surface area contributed by atoms with Crippen molar-refractivity contribution in [2.75, 3.05) is 5.32 Å². The van der Waals surface area contributed by atoms with E-state index in [0.29, 0.717) is 5.56 Å². The predicted molar refractivity (Wildman–Crippen MR) is 72.8 cm³/mol. The third-order valence-electron chi connectivity index (χ3n) is 2.39. The summed E-state index contributed by atoms with van der Waals surface area (Å²) in [4.78, 5) is 7.17. The third kappa shape index (κ3) is 3.85. The monoisotopic (exact) mass is 316 g/mol. The molecular formula is C12H8F4N4S. The number of nitrogens with zero attached hydrogens (tertiary/aromatic N) is 2. The van der Waals surface area contributed by atoms with Crippen molar-refractivity contribution in [2.24, 2.45) is 5.73 Å². The van der Waals surface area contributed by atoms with E-state index in [1.54, 1.807) is 0 Å². The van der Waals surface area contributed by atoms with Crippen LogP contribution in [0.4, 0.5) is 23.5 Å². The van der Waals surface area contributed by atoms with E-state index in [-0.39, 0.29) is 16.8 Å². The molecule has 0 radical (unpaired) electrons. The molecule has 0 aliphatic heterocycles. The number of hydrogen-bond donors (Lipinski definition) is 2. The number of aromatic nitrogens is 2. The van der Waals surface area contributed by atoms with E-state index in [1.165, 1.54) is 12.1 Å². The van der Waals surface area contributed by atoms with E-state index >= 15 is 0 Å². The normalized spacial score (nSPS) is 11.2. The van der Waals surface area contributed by atoms with Crippen LogP contribution in [0.3, 0.4) is 0 Å². The summed E-state index contributed by atoms with van der Waals surface area (Å²) in [5.41, 5.74) is 4.31. The zero-order valence-electron chi connectivity index (χ0n) is 10.3. The molecule has 0 saturated carbocycles. The summed E-state index contributed by atoms with van der Waals surface area (Å²) in [6.45, 7) is 0. The van der Waals surface area contributed by atoms with Crippen LogP contribution in [0.25, 0.3) is 11.3 Å². The Morgan fingerprint density at radius 2 is 1.76 bits per heavy atom. The maximum absolute atomic E-state index is 12.9. The molecule has 0 amide bonds. The third-order valence-corrected chi connectivity index (χ3v) is 2.49. The van der Waals surface area contributed by atoms with Crippen LogP contribution in [-0.2, 0) is 6.18 Å². The summed E-state index contributed by atoms with van der Waals surface area (Å²) in [6.07, 6.45) is -4.66. The summed E-state index contributed by atoms with van der Waals surface area (Å²) in [6, 6.07) is 5.61. The van der Waals surface area contributed by atoms with Gasteiger partial charge in [-0.2, -0.15) is 13.2 Å². The van der Waals surface area contributed by atoms with Crippen molar-refractivity contribution in [3.05, 3.63) is 41.8 Å². The Morgan fingerprint density at radius 3 is 2.29 bits per heavy atom. The van der Waals surface area contributed by atoms with Gasteiger partial charge in [-0.25, -0.2) is 14.4 Å². The molecule has 110 valence electrons. The Balaban J connectivity index is 2.54. The molecule has 2 rings (SSSR count). The molecule has 3 N–H and O–H groups in total. The first-order valence-corrected chi connectivity index (χ1v) is 5.95. The second kappa shape index (κ2) is 5.60. The fraction of sp³-hybridized carbons (Fsp3) is 0.0833. The maximum Gasteiger partial charge on any atom is 0.433 e. The van der Waals surface area contributed by atoms with Gasteiger partial charge >= 0.3 is 6.18 Å². The lowest BCUT2D eigenvalue weighted by molar-refractivity contribution is -0.141. The maximum atomic E-state index is 12.9. The molecule has 0 aliphatic rings.